The van der Waals surface area contributed by atoms with Gasteiger partial charge in [-0.05, 0) is 24.5 Å². The second-order valence-electron chi connectivity index (χ2n) is 5.53. The molecule has 0 bridgehead atoms. The molecule has 0 unspecified atom stereocenters. The number of carboxylic acid groups (broad SMARTS) is 1. The largest absolute Gasteiger partial charge is 0.492 e. The maximum Gasteiger partial charge on any atom is 0.303 e. The summed E-state index contributed by atoms with van der Waals surface area (Å²) >= 11 is 5.89. The van der Waals surface area contributed by atoms with Gasteiger partial charge in [0.05, 0.1) is 18.7 Å². The van der Waals surface area contributed by atoms with Crippen molar-refractivity contribution in [2.75, 3.05) is 11.9 Å². The van der Waals surface area contributed by atoms with E-state index >= 15 is 0 Å². The van der Waals surface area contributed by atoms with Gasteiger partial charge in [0.1, 0.15) is 5.75 Å². The van der Waals surface area contributed by atoms with Gasteiger partial charge < -0.3 is 15.2 Å². The number of rotatable bonds is 7. The molecular formula is C15H20ClNO4. The van der Waals surface area contributed by atoms with Gasteiger partial charge in [0.15, 0.2) is 0 Å². The first kappa shape index (κ1) is 17.3. The Morgan fingerprint density at radius 2 is 2.00 bits per heavy atom. The molecule has 0 fully saturated rings. The minimum absolute atomic E-state index is 0.0701. The zero-order valence-electron chi connectivity index (χ0n) is 12.4. The molecule has 0 heterocycles. The number of benzene rings is 1. The lowest BCUT2D eigenvalue weighted by atomic mass is 9.85. The molecule has 0 radical (unpaired) electrons. The molecule has 1 aromatic rings. The third-order valence-electron chi connectivity index (χ3n) is 2.79. The molecule has 5 nitrogen and oxygen atoms in total. The van der Waals surface area contributed by atoms with Gasteiger partial charge >= 0.3 is 5.97 Å². The molecule has 0 atom stereocenters. The van der Waals surface area contributed by atoms with E-state index in [0.29, 0.717) is 23.1 Å². The molecule has 1 aromatic carbocycles. The van der Waals surface area contributed by atoms with Gasteiger partial charge in [0.2, 0.25) is 5.91 Å². The quantitative estimate of drug-likeness (QED) is 0.807. The topological polar surface area (TPSA) is 75.6 Å². The molecule has 0 saturated heterocycles. The Morgan fingerprint density at radius 3 is 2.57 bits per heavy atom. The van der Waals surface area contributed by atoms with Crippen LogP contribution in [-0.2, 0) is 9.59 Å². The number of hydrogen-bond acceptors (Lipinski definition) is 3. The monoisotopic (exact) mass is 313 g/mol. The van der Waals surface area contributed by atoms with Crippen molar-refractivity contribution in [1.82, 2.24) is 0 Å². The number of anilines is 1. The van der Waals surface area contributed by atoms with Gasteiger partial charge in [0, 0.05) is 17.5 Å². The second-order valence-corrected chi connectivity index (χ2v) is 5.97. The maximum atomic E-state index is 12.1. The molecule has 0 spiro atoms. The first-order valence-electron chi connectivity index (χ1n) is 6.67. The second kappa shape index (κ2) is 7.31. The molecule has 0 aromatic heterocycles. The molecule has 0 saturated carbocycles. The Balaban J connectivity index is 2.77. The number of halogens is 1. The van der Waals surface area contributed by atoms with E-state index in [1.807, 2.05) is 6.92 Å². The van der Waals surface area contributed by atoms with E-state index in [-0.39, 0.29) is 18.7 Å². The Bertz CT molecular complexity index is 528. The summed E-state index contributed by atoms with van der Waals surface area (Å²) in [5, 5.41) is 12.1. The highest BCUT2D eigenvalue weighted by atomic mass is 35.5. The van der Waals surface area contributed by atoms with Crippen LogP contribution in [0.4, 0.5) is 5.69 Å². The summed E-state index contributed by atoms with van der Waals surface area (Å²) in [5.74, 6) is -0.687. The highest BCUT2D eigenvalue weighted by molar-refractivity contribution is 6.30. The molecular weight excluding hydrogens is 294 g/mol. The molecule has 0 aliphatic heterocycles. The lowest BCUT2D eigenvalue weighted by Gasteiger charge is -2.22. The molecule has 2 N–H and O–H groups in total. The van der Waals surface area contributed by atoms with Crippen LogP contribution in [0.25, 0.3) is 0 Å². The predicted octanol–water partition coefficient (Wildman–Crippen LogP) is 3.57. The van der Waals surface area contributed by atoms with E-state index < -0.39 is 11.4 Å². The van der Waals surface area contributed by atoms with E-state index in [0.717, 1.165) is 0 Å². The first-order chi connectivity index (χ1) is 9.73. The first-order valence-corrected chi connectivity index (χ1v) is 7.05. The van der Waals surface area contributed by atoms with E-state index in [9.17, 15) is 9.59 Å². The molecule has 6 heteroatoms. The van der Waals surface area contributed by atoms with Gasteiger partial charge in [-0.1, -0.05) is 25.4 Å². The average molecular weight is 314 g/mol. The highest BCUT2D eigenvalue weighted by Gasteiger charge is 2.25. The minimum Gasteiger partial charge on any atom is -0.492 e. The van der Waals surface area contributed by atoms with E-state index in [1.165, 1.54) is 0 Å². The van der Waals surface area contributed by atoms with Crippen molar-refractivity contribution in [1.29, 1.82) is 0 Å². The van der Waals surface area contributed by atoms with Crippen molar-refractivity contribution in [3.8, 4) is 5.75 Å². The lowest BCUT2D eigenvalue weighted by molar-refractivity contribution is -0.139. The molecule has 1 amide bonds. The third-order valence-corrected chi connectivity index (χ3v) is 3.02. The van der Waals surface area contributed by atoms with E-state index in [4.69, 9.17) is 21.4 Å². The van der Waals surface area contributed by atoms with Gasteiger partial charge in [-0.2, -0.15) is 0 Å². The van der Waals surface area contributed by atoms with Gasteiger partial charge in [0.25, 0.3) is 0 Å². The summed E-state index contributed by atoms with van der Waals surface area (Å²) in [4.78, 5) is 22.8. The van der Waals surface area contributed by atoms with Crippen molar-refractivity contribution in [2.45, 2.75) is 33.6 Å². The summed E-state index contributed by atoms with van der Waals surface area (Å²) < 4.78 is 5.42. The Kier molecular flexibility index (Phi) is 6.03. The summed E-state index contributed by atoms with van der Waals surface area (Å²) in [6, 6.07) is 4.95. The number of carboxylic acids is 1. The fourth-order valence-electron chi connectivity index (χ4n) is 1.98. The van der Waals surface area contributed by atoms with Crippen LogP contribution in [0.2, 0.25) is 5.02 Å². The SMILES string of the molecule is CCOc1cc(Cl)ccc1NC(=O)CC(C)(C)CC(=O)O. The number of ether oxygens (including phenoxy) is 1. The number of hydrogen-bond donors (Lipinski definition) is 2. The van der Waals surface area contributed by atoms with E-state index in [2.05, 4.69) is 5.32 Å². The summed E-state index contributed by atoms with van der Waals surface area (Å²) in [5.41, 5.74) is -0.0916. The highest BCUT2D eigenvalue weighted by Crippen LogP contribution is 2.30. The minimum atomic E-state index is -0.922. The van der Waals surface area contributed by atoms with Crippen LogP contribution in [0.3, 0.4) is 0 Å². The van der Waals surface area contributed by atoms with Crippen LogP contribution in [0, 0.1) is 5.41 Å². The van der Waals surface area contributed by atoms with Crippen LogP contribution in [-0.4, -0.2) is 23.6 Å². The van der Waals surface area contributed by atoms with Crippen molar-refractivity contribution in [3.05, 3.63) is 23.2 Å². The fourth-order valence-corrected chi connectivity index (χ4v) is 2.14. The Labute approximate surface area is 129 Å². The molecule has 21 heavy (non-hydrogen) atoms. The Morgan fingerprint density at radius 1 is 1.33 bits per heavy atom. The van der Waals surface area contributed by atoms with Crippen LogP contribution in [0.1, 0.15) is 33.6 Å². The molecule has 0 aliphatic rings. The van der Waals surface area contributed by atoms with Crippen molar-refractivity contribution < 1.29 is 19.4 Å². The number of aliphatic carboxylic acids is 1. The zero-order chi connectivity index (χ0) is 16.0. The molecule has 0 aliphatic carbocycles. The summed E-state index contributed by atoms with van der Waals surface area (Å²) in [7, 11) is 0. The maximum absolute atomic E-state index is 12.1. The van der Waals surface area contributed by atoms with Gasteiger partial charge in [-0.15, -0.1) is 0 Å². The number of amides is 1. The zero-order valence-corrected chi connectivity index (χ0v) is 13.2. The number of nitrogens with one attached hydrogen (secondary N) is 1. The van der Waals surface area contributed by atoms with Crippen molar-refractivity contribution in [3.63, 3.8) is 0 Å². The fraction of sp³-hybridized carbons (Fsp3) is 0.467. The normalized spacial score (nSPS) is 11.0. The summed E-state index contributed by atoms with van der Waals surface area (Å²) in [6.07, 6.45) is 0.0346. The van der Waals surface area contributed by atoms with E-state index in [1.54, 1.807) is 32.0 Å². The van der Waals surface area contributed by atoms with Crippen LogP contribution in [0.15, 0.2) is 18.2 Å². The summed E-state index contributed by atoms with van der Waals surface area (Å²) in [6.45, 7) is 5.77. The average Bonchev–Trinajstić information content (AvgIpc) is 2.30. The van der Waals surface area contributed by atoms with Crippen molar-refractivity contribution in [2.24, 2.45) is 5.41 Å². The Hall–Kier alpha value is -1.75. The smallest absolute Gasteiger partial charge is 0.303 e. The number of carbonyl (C=O) groups excluding carboxylic acids is 1. The molecule has 1 rings (SSSR count). The van der Waals surface area contributed by atoms with Crippen LogP contribution < -0.4 is 10.1 Å². The standard InChI is InChI=1S/C15H20ClNO4/c1-4-21-12-7-10(16)5-6-11(12)17-13(18)8-15(2,3)9-14(19)20/h5-7H,4,8-9H2,1-3H3,(H,17,18)(H,19,20). The van der Waals surface area contributed by atoms with Crippen LogP contribution >= 0.6 is 11.6 Å². The number of carbonyl (C=O) groups is 2. The molecule has 116 valence electrons. The van der Waals surface area contributed by atoms with Gasteiger partial charge in [-0.3, -0.25) is 9.59 Å². The van der Waals surface area contributed by atoms with Crippen LogP contribution in [0.5, 0.6) is 5.75 Å². The van der Waals surface area contributed by atoms with Crippen molar-refractivity contribution >= 4 is 29.2 Å². The lowest BCUT2D eigenvalue weighted by Crippen LogP contribution is -2.25. The third kappa shape index (κ3) is 6.04. The predicted molar refractivity (Wildman–Crippen MR) is 81.9 cm³/mol. The van der Waals surface area contributed by atoms with Gasteiger partial charge in [-0.25, -0.2) is 0 Å².